The van der Waals surface area contributed by atoms with Gasteiger partial charge in [0.15, 0.2) is 0 Å². The molecule has 0 aliphatic heterocycles. The van der Waals surface area contributed by atoms with Crippen LogP contribution in [0.25, 0.3) is 22.0 Å². The van der Waals surface area contributed by atoms with E-state index in [9.17, 15) is 0 Å². The van der Waals surface area contributed by atoms with E-state index >= 15 is 0 Å². The van der Waals surface area contributed by atoms with Crippen molar-refractivity contribution in [3.05, 3.63) is 90.2 Å². The monoisotopic (exact) mass is 515 g/mol. The van der Waals surface area contributed by atoms with E-state index in [0.29, 0.717) is 11.8 Å². The van der Waals surface area contributed by atoms with Crippen LogP contribution < -0.4 is 0 Å². The number of rotatable bonds is 1. The molecule has 0 bridgehead atoms. The van der Waals surface area contributed by atoms with E-state index in [1.807, 2.05) is 6.20 Å². The summed E-state index contributed by atoms with van der Waals surface area (Å²) in [4.78, 5) is 4.68. The number of benzene rings is 2. The zero-order chi connectivity index (χ0) is 17.0. The van der Waals surface area contributed by atoms with Crippen molar-refractivity contribution >= 4 is 10.8 Å². The van der Waals surface area contributed by atoms with E-state index in [2.05, 4.69) is 91.7 Å². The van der Waals surface area contributed by atoms with Crippen LogP contribution in [-0.4, -0.2) is 4.98 Å². The second-order valence-corrected chi connectivity index (χ2v) is 7.64. The third-order valence-electron chi connectivity index (χ3n) is 5.93. The quantitative estimate of drug-likeness (QED) is 0.373. The molecule has 0 saturated heterocycles. The predicted octanol–water partition coefficient (Wildman–Crippen LogP) is 5.82. The molecule has 0 saturated carbocycles. The minimum atomic E-state index is 0. The Labute approximate surface area is 168 Å². The van der Waals surface area contributed by atoms with Crippen LogP contribution in [0, 0.1) is 12.0 Å². The Hall–Kier alpha value is -2.02. The molecule has 1 nitrogen and oxygen atoms in total. The number of nitrogens with zero attached hydrogens (tertiary/aromatic N) is 1. The van der Waals surface area contributed by atoms with Gasteiger partial charge in [-0.2, -0.15) is 0 Å². The van der Waals surface area contributed by atoms with Crippen LogP contribution >= 0.6 is 0 Å². The first-order valence-electron chi connectivity index (χ1n) is 8.91. The maximum absolute atomic E-state index is 4.68. The zero-order valence-electron chi connectivity index (χ0n) is 14.9. The maximum atomic E-state index is 4.68. The standard InChI is InChI=1S/C24H20N.Ir/c1-24(2)21-10-6-5-9-19(21)20-12-11-17(15-22(20)24)23-18-8-4-3-7-16(18)13-14-25-23;/h3-10,12-15,19,21H,1-2H3;/q-1;. The summed E-state index contributed by atoms with van der Waals surface area (Å²) >= 11 is 0. The molecule has 2 aliphatic rings. The van der Waals surface area contributed by atoms with Crippen molar-refractivity contribution < 1.29 is 20.1 Å². The Bertz CT molecular complexity index is 1040. The van der Waals surface area contributed by atoms with Gasteiger partial charge in [0.25, 0.3) is 0 Å². The van der Waals surface area contributed by atoms with Crippen molar-refractivity contribution in [2.45, 2.75) is 25.2 Å². The van der Waals surface area contributed by atoms with Crippen LogP contribution in [0.4, 0.5) is 0 Å². The van der Waals surface area contributed by atoms with Gasteiger partial charge in [0, 0.05) is 26.3 Å². The van der Waals surface area contributed by atoms with Crippen LogP contribution in [0.2, 0.25) is 0 Å². The first kappa shape index (κ1) is 17.4. The zero-order valence-corrected chi connectivity index (χ0v) is 17.3. The minimum absolute atomic E-state index is 0. The summed E-state index contributed by atoms with van der Waals surface area (Å²) in [7, 11) is 0. The molecule has 0 N–H and O–H groups in total. The van der Waals surface area contributed by atoms with Crippen molar-refractivity contribution in [2.24, 2.45) is 5.92 Å². The molecular weight excluding hydrogens is 494 g/mol. The average molecular weight is 515 g/mol. The maximum Gasteiger partial charge on any atom is 0.0167 e. The summed E-state index contributed by atoms with van der Waals surface area (Å²) < 4.78 is 0. The molecular formula is C24H20IrN-. The van der Waals surface area contributed by atoms with Crippen molar-refractivity contribution in [3.63, 3.8) is 0 Å². The molecule has 0 amide bonds. The fourth-order valence-electron chi connectivity index (χ4n) is 4.58. The molecule has 0 fully saturated rings. The number of allylic oxidation sites excluding steroid dienone is 4. The van der Waals surface area contributed by atoms with Crippen LogP contribution in [0.5, 0.6) is 0 Å². The molecule has 2 aromatic carbocycles. The van der Waals surface area contributed by atoms with Gasteiger partial charge in [0.1, 0.15) is 0 Å². The van der Waals surface area contributed by atoms with E-state index in [1.54, 1.807) is 0 Å². The number of fused-ring (bicyclic) bond motifs is 4. The van der Waals surface area contributed by atoms with Crippen LogP contribution in [0.3, 0.4) is 0 Å². The van der Waals surface area contributed by atoms with E-state index in [4.69, 9.17) is 0 Å². The van der Waals surface area contributed by atoms with Crippen molar-refractivity contribution in [2.75, 3.05) is 0 Å². The second kappa shape index (κ2) is 6.30. The van der Waals surface area contributed by atoms with E-state index in [1.165, 1.54) is 21.9 Å². The summed E-state index contributed by atoms with van der Waals surface area (Å²) in [6.45, 7) is 4.72. The predicted molar refractivity (Wildman–Crippen MR) is 104 cm³/mol. The Morgan fingerprint density at radius 2 is 1.85 bits per heavy atom. The van der Waals surface area contributed by atoms with Crippen LogP contribution in [-0.2, 0) is 25.5 Å². The molecule has 5 rings (SSSR count). The van der Waals surface area contributed by atoms with Gasteiger partial charge in [-0.25, -0.2) is 0 Å². The first-order valence-corrected chi connectivity index (χ1v) is 8.91. The third kappa shape index (κ3) is 2.44. The number of pyridine rings is 1. The summed E-state index contributed by atoms with van der Waals surface area (Å²) in [5.74, 6) is 0.998. The Morgan fingerprint density at radius 1 is 1.04 bits per heavy atom. The molecule has 1 heterocycles. The van der Waals surface area contributed by atoms with Gasteiger partial charge in [-0.1, -0.05) is 62.4 Å². The average Bonchev–Trinajstić information content (AvgIpc) is 2.89. The molecule has 2 unspecified atom stereocenters. The summed E-state index contributed by atoms with van der Waals surface area (Å²) in [5, 5.41) is 2.41. The molecule has 131 valence electrons. The number of aromatic nitrogens is 1. The number of hydrogen-bond acceptors (Lipinski definition) is 1. The van der Waals surface area contributed by atoms with Crippen LogP contribution in [0.15, 0.2) is 73.0 Å². The fraction of sp³-hybridized carbons (Fsp3) is 0.208. The molecule has 0 spiro atoms. The molecule has 3 aromatic rings. The molecule has 1 aromatic heterocycles. The molecule has 2 atom stereocenters. The van der Waals surface area contributed by atoms with Gasteiger partial charge < -0.3 is 4.98 Å². The van der Waals surface area contributed by atoms with Crippen molar-refractivity contribution in [3.8, 4) is 11.3 Å². The Morgan fingerprint density at radius 3 is 2.73 bits per heavy atom. The Balaban J connectivity index is 0.00000168. The van der Waals surface area contributed by atoms with Crippen molar-refractivity contribution in [1.29, 1.82) is 0 Å². The van der Waals surface area contributed by atoms with Crippen molar-refractivity contribution in [1.82, 2.24) is 4.98 Å². The first-order chi connectivity index (χ1) is 12.2. The minimum Gasteiger partial charge on any atom is -0.304 e. The van der Waals surface area contributed by atoms with Gasteiger partial charge in [0.2, 0.25) is 0 Å². The van der Waals surface area contributed by atoms with Crippen LogP contribution in [0.1, 0.15) is 30.9 Å². The molecule has 2 aliphatic carbocycles. The SMILES string of the molecule is CC1(C)c2cc(-c3nccc4ccccc34)[c-]cc2C2C=CC=CC21.[Ir]. The fourth-order valence-corrected chi connectivity index (χ4v) is 4.58. The Kier molecular flexibility index (Phi) is 4.21. The smallest absolute Gasteiger partial charge is 0.0167 e. The summed E-state index contributed by atoms with van der Waals surface area (Å²) in [5.41, 5.74) is 5.09. The normalized spacial score (nSPS) is 21.9. The second-order valence-electron chi connectivity index (χ2n) is 7.64. The van der Waals surface area contributed by atoms with Gasteiger partial charge in [-0.15, -0.1) is 34.9 Å². The summed E-state index contributed by atoms with van der Waals surface area (Å²) in [6.07, 6.45) is 11.0. The van der Waals surface area contributed by atoms with Gasteiger partial charge in [-0.05, 0) is 39.8 Å². The van der Waals surface area contributed by atoms with E-state index in [0.717, 1.165) is 11.3 Å². The molecule has 26 heavy (non-hydrogen) atoms. The summed E-state index contributed by atoms with van der Waals surface area (Å²) in [6, 6.07) is 18.6. The van der Waals surface area contributed by atoms with E-state index < -0.39 is 0 Å². The molecule has 1 radical (unpaired) electrons. The molecule has 2 heteroatoms. The van der Waals surface area contributed by atoms with E-state index in [-0.39, 0.29) is 25.5 Å². The van der Waals surface area contributed by atoms with Gasteiger partial charge in [-0.3, -0.25) is 0 Å². The number of hydrogen-bond donors (Lipinski definition) is 0. The third-order valence-corrected chi connectivity index (χ3v) is 5.93. The topological polar surface area (TPSA) is 12.9 Å². The largest absolute Gasteiger partial charge is 0.304 e. The van der Waals surface area contributed by atoms with Gasteiger partial charge >= 0.3 is 0 Å². The van der Waals surface area contributed by atoms with Gasteiger partial charge in [0.05, 0.1) is 0 Å².